The van der Waals surface area contributed by atoms with Crippen LogP contribution in [-0.2, 0) is 0 Å². The van der Waals surface area contributed by atoms with E-state index in [1.165, 1.54) is 4.68 Å². The summed E-state index contributed by atoms with van der Waals surface area (Å²) < 4.78 is 7.18. The second-order valence-electron chi connectivity index (χ2n) is 4.35. The molecule has 2 rings (SSSR count). The van der Waals surface area contributed by atoms with Gasteiger partial charge in [0.05, 0.1) is 0 Å². The van der Waals surface area contributed by atoms with Crippen LogP contribution in [0.15, 0.2) is 18.5 Å². The third-order valence-electron chi connectivity index (χ3n) is 2.50. The molecular formula is C11H14ClN5O. The zero-order valence-corrected chi connectivity index (χ0v) is 11.2. The average molecular weight is 268 g/mol. The van der Waals surface area contributed by atoms with Crippen LogP contribution in [-0.4, -0.2) is 30.3 Å². The molecule has 7 heteroatoms. The van der Waals surface area contributed by atoms with Crippen LogP contribution < -0.4 is 4.74 Å². The summed E-state index contributed by atoms with van der Waals surface area (Å²) in [5, 5.41) is 4.12. The molecule has 0 unspecified atom stereocenters. The van der Waals surface area contributed by atoms with Gasteiger partial charge in [0.1, 0.15) is 5.60 Å². The van der Waals surface area contributed by atoms with Gasteiger partial charge >= 0.3 is 6.01 Å². The summed E-state index contributed by atoms with van der Waals surface area (Å²) in [4.78, 5) is 12.1. The smallest absolute Gasteiger partial charge is 0.323 e. The standard InChI is InChI=1S/C11H14ClN5O/c1-4-11(2,3)18-10-15-8(12)14-9(16-10)17-7-5-6-13-17/h5-7H,4H2,1-3H3. The van der Waals surface area contributed by atoms with Gasteiger partial charge < -0.3 is 4.74 Å². The number of hydrogen-bond acceptors (Lipinski definition) is 5. The minimum atomic E-state index is -0.355. The summed E-state index contributed by atoms with van der Waals surface area (Å²) in [6.07, 6.45) is 4.18. The van der Waals surface area contributed by atoms with Crippen molar-refractivity contribution < 1.29 is 4.74 Å². The largest absolute Gasteiger partial charge is 0.457 e. The second kappa shape index (κ2) is 4.89. The number of halogens is 1. The Labute approximate surface area is 110 Å². The molecule has 0 aromatic carbocycles. The molecule has 0 aliphatic carbocycles. The third-order valence-corrected chi connectivity index (χ3v) is 2.67. The Morgan fingerprint density at radius 3 is 2.72 bits per heavy atom. The monoisotopic (exact) mass is 267 g/mol. The van der Waals surface area contributed by atoms with E-state index in [0.717, 1.165) is 6.42 Å². The van der Waals surface area contributed by atoms with Crippen molar-refractivity contribution in [3.63, 3.8) is 0 Å². The molecule has 0 atom stereocenters. The van der Waals surface area contributed by atoms with Crippen molar-refractivity contribution in [3.05, 3.63) is 23.7 Å². The number of ether oxygens (including phenoxy) is 1. The second-order valence-corrected chi connectivity index (χ2v) is 4.69. The zero-order valence-electron chi connectivity index (χ0n) is 10.5. The summed E-state index contributed by atoms with van der Waals surface area (Å²) in [6, 6.07) is 1.97. The lowest BCUT2D eigenvalue weighted by Gasteiger charge is -2.23. The van der Waals surface area contributed by atoms with Crippen LogP contribution in [0.1, 0.15) is 27.2 Å². The Morgan fingerprint density at radius 1 is 1.33 bits per heavy atom. The lowest BCUT2D eigenvalue weighted by molar-refractivity contribution is 0.0920. The maximum atomic E-state index is 5.86. The van der Waals surface area contributed by atoms with E-state index in [9.17, 15) is 0 Å². The van der Waals surface area contributed by atoms with Crippen LogP contribution in [0.5, 0.6) is 6.01 Å². The first-order chi connectivity index (χ1) is 8.50. The van der Waals surface area contributed by atoms with Gasteiger partial charge in [-0.05, 0) is 37.9 Å². The van der Waals surface area contributed by atoms with Crippen molar-refractivity contribution >= 4 is 11.6 Å². The molecule has 2 heterocycles. The molecule has 0 aliphatic heterocycles. The summed E-state index contributed by atoms with van der Waals surface area (Å²) in [5.74, 6) is 0.335. The highest BCUT2D eigenvalue weighted by Gasteiger charge is 2.20. The quantitative estimate of drug-likeness (QED) is 0.850. The molecule has 0 saturated carbocycles. The Balaban J connectivity index is 2.33. The van der Waals surface area contributed by atoms with Crippen LogP contribution in [0.3, 0.4) is 0 Å². The summed E-state index contributed by atoms with van der Waals surface area (Å²) in [6.45, 7) is 5.94. The third kappa shape index (κ3) is 2.95. The summed E-state index contributed by atoms with van der Waals surface area (Å²) in [5.41, 5.74) is -0.355. The Bertz CT molecular complexity index is 526. The minimum absolute atomic E-state index is 0.0809. The van der Waals surface area contributed by atoms with Gasteiger partial charge in [-0.2, -0.15) is 20.1 Å². The van der Waals surface area contributed by atoms with Gasteiger partial charge in [-0.25, -0.2) is 4.68 Å². The molecule has 2 aromatic heterocycles. The van der Waals surface area contributed by atoms with E-state index in [1.54, 1.807) is 18.5 Å². The minimum Gasteiger partial charge on any atom is -0.457 e. The van der Waals surface area contributed by atoms with Gasteiger partial charge in [-0.3, -0.25) is 0 Å². The van der Waals surface area contributed by atoms with Crippen molar-refractivity contribution in [2.45, 2.75) is 32.8 Å². The van der Waals surface area contributed by atoms with Crippen molar-refractivity contribution in [3.8, 4) is 12.0 Å². The van der Waals surface area contributed by atoms with Crippen LogP contribution in [0.4, 0.5) is 0 Å². The highest BCUT2D eigenvalue weighted by atomic mass is 35.5. The van der Waals surface area contributed by atoms with E-state index >= 15 is 0 Å². The van der Waals surface area contributed by atoms with Gasteiger partial charge in [-0.15, -0.1) is 0 Å². The number of rotatable bonds is 4. The molecular weight excluding hydrogens is 254 g/mol. The molecule has 18 heavy (non-hydrogen) atoms. The van der Waals surface area contributed by atoms with Crippen molar-refractivity contribution in [1.29, 1.82) is 0 Å². The van der Waals surface area contributed by atoms with Crippen LogP contribution >= 0.6 is 11.6 Å². The van der Waals surface area contributed by atoms with Crippen LogP contribution in [0.2, 0.25) is 5.28 Å². The Hall–Kier alpha value is -1.69. The molecule has 0 N–H and O–H groups in total. The predicted molar refractivity (Wildman–Crippen MR) is 67.0 cm³/mol. The summed E-state index contributed by atoms with van der Waals surface area (Å²) >= 11 is 5.86. The molecule has 2 aromatic rings. The highest BCUT2D eigenvalue weighted by molar-refractivity contribution is 6.28. The maximum Gasteiger partial charge on any atom is 0.323 e. The van der Waals surface area contributed by atoms with Gasteiger partial charge in [0.15, 0.2) is 0 Å². The first-order valence-electron chi connectivity index (χ1n) is 5.61. The van der Waals surface area contributed by atoms with E-state index in [-0.39, 0.29) is 16.9 Å². The van der Waals surface area contributed by atoms with Gasteiger partial charge in [0.2, 0.25) is 5.28 Å². The highest BCUT2D eigenvalue weighted by Crippen LogP contribution is 2.18. The van der Waals surface area contributed by atoms with E-state index in [1.807, 2.05) is 20.8 Å². The fraction of sp³-hybridized carbons (Fsp3) is 0.455. The first kappa shape index (κ1) is 12.8. The first-order valence-corrected chi connectivity index (χ1v) is 5.98. The van der Waals surface area contributed by atoms with E-state index < -0.39 is 0 Å². The van der Waals surface area contributed by atoms with Crippen LogP contribution in [0.25, 0.3) is 5.95 Å². The number of nitrogens with zero attached hydrogens (tertiary/aromatic N) is 5. The predicted octanol–water partition coefficient (Wildman–Crippen LogP) is 2.28. The van der Waals surface area contributed by atoms with Crippen molar-refractivity contribution in [2.75, 3.05) is 0 Å². The number of aromatic nitrogens is 5. The molecule has 0 bridgehead atoms. The lowest BCUT2D eigenvalue weighted by atomic mass is 10.1. The van der Waals surface area contributed by atoms with E-state index in [0.29, 0.717) is 5.95 Å². The Morgan fingerprint density at radius 2 is 2.11 bits per heavy atom. The SMILES string of the molecule is CCC(C)(C)Oc1nc(Cl)nc(-n2cccn2)n1. The van der Waals surface area contributed by atoms with Gasteiger partial charge in [0, 0.05) is 12.4 Å². The molecule has 96 valence electrons. The van der Waals surface area contributed by atoms with Gasteiger partial charge in [0.25, 0.3) is 5.95 Å². The fourth-order valence-corrected chi connectivity index (χ4v) is 1.32. The molecule has 0 spiro atoms. The molecule has 0 fully saturated rings. The molecule has 0 saturated heterocycles. The van der Waals surface area contributed by atoms with Gasteiger partial charge in [-0.1, -0.05) is 6.92 Å². The molecule has 0 radical (unpaired) electrons. The molecule has 0 aliphatic rings. The Kier molecular flexibility index (Phi) is 3.47. The van der Waals surface area contributed by atoms with Crippen molar-refractivity contribution in [1.82, 2.24) is 24.7 Å². The van der Waals surface area contributed by atoms with Crippen molar-refractivity contribution in [2.24, 2.45) is 0 Å². The lowest BCUT2D eigenvalue weighted by Crippen LogP contribution is -2.28. The van der Waals surface area contributed by atoms with E-state index in [2.05, 4.69) is 20.1 Å². The maximum absolute atomic E-state index is 5.86. The zero-order chi connectivity index (χ0) is 13.2. The average Bonchev–Trinajstić information content (AvgIpc) is 2.81. The van der Waals surface area contributed by atoms with Crippen LogP contribution in [0, 0.1) is 0 Å². The molecule has 0 amide bonds. The van der Waals surface area contributed by atoms with E-state index in [4.69, 9.17) is 16.3 Å². The topological polar surface area (TPSA) is 65.7 Å². The number of hydrogen-bond donors (Lipinski definition) is 0. The summed E-state index contributed by atoms with van der Waals surface area (Å²) in [7, 11) is 0. The normalized spacial score (nSPS) is 11.6. The molecule has 6 nitrogen and oxygen atoms in total. The fourth-order valence-electron chi connectivity index (χ4n) is 1.18.